The molecule has 0 amide bonds. The molecule has 0 aliphatic rings. The molecule has 0 radical (unpaired) electrons. The van der Waals surface area contributed by atoms with Gasteiger partial charge in [-0.05, 0) is 26.0 Å². The lowest BCUT2D eigenvalue weighted by molar-refractivity contribution is 0.318. The van der Waals surface area contributed by atoms with Crippen LogP contribution in [0.15, 0.2) is 23.5 Å². The summed E-state index contributed by atoms with van der Waals surface area (Å²) < 4.78 is 1.86. The maximum atomic E-state index is 8.55. The van der Waals surface area contributed by atoms with Gasteiger partial charge in [0.25, 0.3) is 0 Å². The predicted molar refractivity (Wildman–Crippen MR) is 55.2 cm³/mol. The summed E-state index contributed by atoms with van der Waals surface area (Å²) >= 11 is 0. The summed E-state index contributed by atoms with van der Waals surface area (Å²) in [5, 5.41) is 11.5. The van der Waals surface area contributed by atoms with E-state index in [-0.39, 0.29) is 11.4 Å². The van der Waals surface area contributed by atoms with Crippen LogP contribution in [0.4, 0.5) is 0 Å². The maximum absolute atomic E-state index is 8.55. The average molecular weight is 196 g/mol. The van der Waals surface area contributed by atoms with Crippen LogP contribution < -0.4 is 11.5 Å². The molecule has 78 valence electrons. The second-order valence-electron chi connectivity index (χ2n) is 4.00. The number of hydrogen-bond donors (Lipinski definition) is 3. The molecule has 5 nitrogen and oxygen atoms in total. The van der Waals surface area contributed by atoms with Gasteiger partial charge in [-0.2, -0.15) is 0 Å². The zero-order valence-corrected chi connectivity index (χ0v) is 8.44. The number of hydrogen-bond acceptors (Lipinski definition) is 3. The van der Waals surface area contributed by atoms with Crippen molar-refractivity contribution in [3.63, 3.8) is 0 Å². The molecule has 5 heteroatoms. The van der Waals surface area contributed by atoms with E-state index in [1.807, 2.05) is 30.7 Å². The fourth-order valence-electron chi connectivity index (χ4n) is 1.27. The van der Waals surface area contributed by atoms with Gasteiger partial charge in [0, 0.05) is 18.3 Å². The molecule has 0 unspecified atom stereocenters. The SMILES string of the molecule is CC(C)(N)Cn1cccc1C(N)=NO. The standard InChI is InChI=1S/C9H16N4O/c1-9(2,11)6-13-5-3-4-7(13)8(10)12-14/h3-5,14H,6,11H2,1-2H3,(H2,10,12). The number of oxime groups is 1. The van der Waals surface area contributed by atoms with Crippen LogP contribution in [0.1, 0.15) is 19.5 Å². The topological polar surface area (TPSA) is 89.6 Å². The van der Waals surface area contributed by atoms with Crippen molar-refractivity contribution in [2.75, 3.05) is 0 Å². The van der Waals surface area contributed by atoms with Gasteiger partial charge in [0.2, 0.25) is 0 Å². The first-order chi connectivity index (χ1) is 6.44. The monoisotopic (exact) mass is 196 g/mol. The van der Waals surface area contributed by atoms with Crippen molar-refractivity contribution in [3.8, 4) is 0 Å². The van der Waals surface area contributed by atoms with Crippen molar-refractivity contribution >= 4 is 5.84 Å². The highest BCUT2D eigenvalue weighted by Gasteiger charge is 2.14. The molecule has 1 aromatic heterocycles. The number of nitrogens with two attached hydrogens (primary N) is 2. The van der Waals surface area contributed by atoms with E-state index in [9.17, 15) is 0 Å². The van der Waals surface area contributed by atoms with Gasteiger partial charge in [-0.15, -0.1) is 0 Å². The lowest BCUT2D eigenvalue weighted by Gasteiger charge is -2.20. The Hall–Kier alpha value is -1.49. The van der Waals surface area contributed by atoms with Crippen molar-refractivity contribution in [2.24, 2.45) is 16.6 Å². The summed E-state index contributed by atoms with van der Waals surface area (Å²) in [5.74, 6) is 0.0965. The molecule has 0 aliphatic carbocycles. The third-order valence-corrected chi connectivity index (χ3v) is 1.78. The third-order valence-electron chi connectivity index (χ3n) is 1.78. The van der Waals surface area contributed by atoms with E-state index in [4.69, 9.17) is 16.7 Å². The van der Waals surface area contributed by atoms with E-state index in [1.165, 1.54) is 0 Å². The van der Waals surface area contributed by atoms with E-state index in [0.717, 1.165) is 0 Å². The molecule has 0 spiro atoms. The highest BCUT2D eigenvalue weighted by Crippen LogP contribution is 2.07. The van der Waals surface area contributed by atoms with Crippen molar-refractivity contribution in [3.05, 3.63) is 24.0 Å². The maximum Gasteiger partial charge on any atom is 0.186 e. The lowest BCUT2D eigenvalue weighted by atomic mass is 10.1. The first-order valence-corrected chi connectivity index (χ1v) is 4.36. The Labute approximate surface area is 83.0 Å². The van der Waals surface area contributed by atoms with Gasteiger partial charge in [-0.1, -0.05) is 5.16 Å². The Bertz CT molecular complexity index is 335. The summed E-state index contributed by atoms with van der Waals surface area (Å²) in [6.45, 7) is 4.46. The average Bonchev–Trinajstić information content (AvgIpc) is 2.48. The second kappa shape index (κ2) is 3.71. The Kier molecular flexibility index (Phi) is 2.81. The molecule has 1 heterocycles. The molecule has 14 heavy (non-hydrogen) atoms. The fraction of sp³-hybridized carbons (Fsp3) is 0.444. The Morgan fingerprint density at radius 3 is 2.79 bits per heavy atom. The zero-order valence-electron chi connectivity index (χ0n) is 8.44. The van der Waals surface area contributed by atoms with E-state index in [2.05, 4.69) is 5.16 Å². The minimum Gasteiger partial charge on any atom is -0.409 e. The molecule has 1 aromatic rings. The van der Waals surface area contributed by atoms with E-state index in [0.29, 0.717) is 12.2 Å². The fourth-order valence-corrected chi connectivity index (χ4v) is 1.27. The van der Waals surface area contributed by atoms with Crippen molar-refractivity contribution in [1.29, 1.82) is 0 Å². The minimum atomic E-state index is -0.330. The molecule has 0 saturated heterocycles. The van der Waals surface area contributed by atoms with E-state index in [1.54, 1.807) is 6.07 Å². The molecule has 0 bridgehead atoms. The predicted octanol–water partition coefficient (Wildman–Crippen LogP) is 0.320. The summed E-state index contributed by atoms with van der Waals surface area (Å²) in [6.07, 6.45) is 1.85. The minimum absolute atomic E-state index is 0.0965. The summed E-state index contributed by atoms with van der Waals surface area (Å²) in [4.78, 5) is 0. The third kappa shape index (κ3) is 2.50. The van der Waals surface area contributed by atoms with Crippen LogP contribution >= 0.6 is 0 Å². The molecule has 0 aliphatic heterocycles. The van der Waals surface area contributed by atoms with Crippen LogP contribution in [0.25, 0.3) is 0 Å². The molecule has 0 fully saturated rings. The van der Waals surface area contributed by atoms with Crippen molar-refractivity contribution in [1.82, 2.24) is 4.57 Å². The Morgan fingerprint density at radius 2 is 2.29 bits per heavy atom. The number of nitrogens with zero attached hydrogens (tertiary/aromatic N) is 2. The van der Waals surface area contributed by atoms with Gasteiger partial charge in [0.05, 0.1) is 5.69 Å². The first kappa shape index (κ1) is 10.6. The lowest BCUT2D eigenvalue weighted by Crippen LogP contribution is -2.38. The van der Waals surface area contributed by atoms with Crippen LogP contribution in [-0.4, -0.2) is 21.1 Å². The number of amidine groups is 1. The molecule has 5 N–H and O–H groups in total. The quantitative estimate of drug-likeness (QED) is 0.281. The van der Waals surface area contributed by atoms with Crippen LogP contribution in [0, 0.1) is 0 Å². The van der Waals surface area contributed by atoms with Gasteiger partial charge in [0.15, 0.2) is 5.84 Å². The van der Waals surface area contributed by atoms with Gasteiger partial charge in [0.1, 0.15) is 0 Å². The molecule has 0 atom stereocenters. The van der Waals surface area contributed by atoms with Gasteiger partial charge in [-0.25, -0.2) is 0 Å². The normalized spacial score (nSPS) is 13.2. The Balaban J connectivity index is 2.94. The summed E-state index contributed by atoms with van der Waals surface area (Å²) in [7, 11) is 0. The smallest absolute Gasteiger partial charge is 0.186 e. The van der Waals surface area contributed by atoms with Crippen molar-refractivity contribution in [2.45, 2.75) is 25.9 Å². The highest BCUT2D eigenvalue weighted by atomic mass is 16.4. The van der Waals surface area contributed by atoms with Gasteiger partial charge < -0.3 is 21.2 Å². The first-order valence-electron chi connectivity index (χ1n) is 4.36. The zero-order chi connectivity index (χ0) is 10.8. The van der Waals surface area contributed by atoms with E-state index < -0.39 is 0 Å². The largest absolute Gasteiger partial charge is 0.409 e. The summed E-state index contributed by atoms with van der Waals surface area (Å²) in [5.41, 5.74) is 11.7. The molecule has 1 rings (SSSR count). The molecule has 0 aromatic carbocycles. The van der Waals surface area contributed by atoms with Crippen LogP contribution in [0.5, 0.6) is 0 Å². The summed E-state index contributed by atoms with van der Waals surface area (Å²) in [6, 6.07) is 3.61. The Morgan fingerprint density at radius 1 is 1.64 bits per heavy atom. The molecule has 0 saturated carbocycles. The number of aromatic nitrogens is 1. The van der Waals surface area contributed by atoms with Crippen LogP contribution in [0.3, 0.4) is 0 Å². The van der Waals surface area contributed by atoms with E-state index >= 15 is 0 Å². The second-order valence-corrected chi connectivity index (χ2v) is 4.00. The van der Waals surface area contributed by atoms with Crippen LogP contribution in [-0.2, 0) is 6.54 Å². The van der Waals surface area contributed by atoms with Crippen LogP contribution in [0.2, 0.25) is 0 Å². The van der Waals surface area contributed by atoms with Gasteiger partial charge in [-0.3, -0.25) is 0 Å². The molecular weight excluding hydrogens is 180 g/mol. The highest BCUT2D eigenvalue weighted by molar-refractivity contribution is 5.95. The van der Waals surface area contributed by atoms with Crippen molar-refractivity contribution < 1.29 is 5.21 Å². The molecular formula is C9H16N4O. The number of rotatable bonds is 3. The van der Waals surface area contributed by atoms with Gasteiger partial charge >= 0.3 is 0 Å².